The monoisotopic (exact) mass is 184 g/mol. The van der Waals surface area contributed by atoms with Crippen LogP contribution in [0, 0.1) is 21.4 Å². The summed E-state index contributed by atoms with van der Waals surface area (Å²) in [5.41, 5.74) is -0.0486. The molecule has 0 aliphatic rings. The van der Waals surface area contributed by atoms with Gasteiger partial charge in [-0.05, 0) is 6.07 Å². The number of nitriles is 1. The number of hydrogen-bond acceptors (Lipinski definition) is 3. The third-order valence-electron chi connectivity index (χ3n) is 1.22. The predicted molar refractivity (Wildman–Crippen MR) is 45.1 cm³/mol. The molecule has 0 unspecified atom stereocenters. The minimum Gasteiger partial charge on any atom is -0.258 e. The number of nitro groups is 1. The Balaban J connectivity index is 0.00000121. The zero-order valence-electron chi connectivity index (χ0n) is 5.93. The maximum absolute atomic E-state index is 10.2. The van der Waals surface area contributed by atoms with Gasteiger partial charge in [0.25, 0.3) is 5.69 Å². The molecule has 0 atom stereocenters. The first kappa shape index (κ1) is 10.4. The van der Waals surface area contributed by atoms with E-state index in [0.717, 1.165) is 0 Å². The molecule has 0 spiro atoms. The quantitative estimate of drug-likeness (QED) is 0.494. The Morgan fingerprint density at radius 3 is 2.42 bits per heavy atom. The lowest BCUT2D eigenvalue weighted by atomic mass is 10.2. The fourth-order valence-corrected chi connectivity index (χ4v) is 0.727. The highest BCUT2D eigenvalue weighted by molar-refractivity contribution is 5.85. The van der Waals surface area contributed by atoms with Gasteiger partial charge in [-0.3, -0.25) is 10.1 Å². The van der Waals surface area contributed by atoms with E-state index in [1.165, 1.54) is 18.2 Å². The molecule has 1 rings (SSSR count). The second kappa shape index (κ2) is 4.31. The minimum atomic E-state index is -0.571. The third-order valence-corrected chi connectivity index (χ3v) is 1.22. The largest absolute Gasteiger partial charge is 0.287 e. The lowest BCUT2D eigenvalue weighted by molar-refractivity contribution is -0.385. The topological polar surface area (TPSA) is 66.9 Å². The molecule has 5 heteroatoms. The van der Waals surface area contributed by atoms with E-state index in [9.17, 15) is 10.1 Å². The van der Waals surface area contributed by atoms with Crippen LogP contribution in [0.25, 0.3) is 0 Å². The Labute approximate surface area is 75.0 Å². The summed E-state index contributed by atoms with van der Waals surface area (Å²) in [6.45, 7) is 0. The van der Waals surface area contributed by atoms with Crippen LogP contribution < -0.4 is 0 Å². The molecule has 0 saturated heterocycles. The molecule has 0 bridgehead atoms. The number of benzene rings is 1. The number of para-hydroxylation sites is 1. The molecule has 0 N–H and O–H groups in total. The molecule has 0 aliphatic carbocycles. The molecule has 0 aliphatic heterocycles. The van der Waals surface area contributed by atoms with E-state index in [2.05, 4.69) is 0 Å². The summed E-state index contributed by atoms with van der Waals surface area (Å²) >= 11 is 0. The first-order chi connectivity index (χ1) is 5.25. The van der Waals surface area contributed by atoms with Crippen molar-refractivity contribution in [1.29, 1.82) is 5.26 Å². The normalized spacial score (nSPS) is 7.92. The molecule has 0 fully saturated rings. The number of rotatable bonds is 1. The Bertz CT molecular complexity index is 332. The van der Waals surface area contributed by atoms with E-state index in [1.807, 2.05) is 0 Å². The fraction of sp³-hybridized carbons (Fsp3) is 0. The van der Waals surface area contributed by atoms with Gasteiger partial charge < -0.3 is 0 Å². The molecule has 0 heterocycles. The zero-order valence-corrected chi connectivity index (χ0v) is 6.75. The summed E-state index contributed by atoms with van der Waals surface area (Å²) in [7, 11) is 0. The van der Waals surface area contributed by atoms with Gasteiger partial charge in [-0.25, -0.2) is 0 Å². The zero-order chi connectivity index (χ0) is 8.27. The molecule has 4 nitrogen and oxygen atoms in total. The summed E-state index contributed by atoms with van der Waals surface area (Å²) in [5, 5.41) is 18.6. The van der Waals surface area contributed by atoms with Gasteiger partial charge in [0.1, 0.15) is 11.6 Å². The van der Waals surface area contributed by atoms with Gasteiger partial charge in [0.15, 0.2) is 0 Å². The van der Waals surface area contributed by atoms with Crippen molar-refractivity contribution in [3.8, 4) is 6.07 Å². The van der Waals surface area contributed by atoms with E-state index in [1.54, 1.807) is 12.1 Å². The van der Waals surface area contributed by atoms with Gasteiger partial charge in [-0.1, -0.05) is 12.1 Å². The maximum Gasteiger partial charge on any atom is 0.287 e. The van der Waals surface area contributed by atoms with Crippen LogP contribution in [-0.4, -0.2) is 4.92 Å². The lowest BCUT2D eigenvalue weighted by Gasteiger charge is -1.90. The molecule has 0 saturated carbocycles. The van der Waals surface area contributed by atoms with Gasteiger partial charge in [0.2, 0.25) is 0 Å². The maximum atomic E-state index is 10.2. The molecule has 0 amide bonds. The highest BCUT2D eigenvalue weighted by Crippen LogP contribution is 2.15. The smallest absolute Gasteiger partial charge is 0.258 e. The summed E-state index contributed by atoms with van der Waals surface area (Å²) in [5.74, 6) is 0. The molecule has 12 heavy (non-hydrogen) atoms. The van der Waals surface area contributed by atoms with Crippen molar-refractivity contribution >= 4 is 18.1 Å². The van der Waals surface area contributed by atoms with Crippen molar-refractivity contribution in [2.24, 2.45) is 0 Å². The first-order valence-corrected chi connectivity index (χ1v) is 2.89. The molecule has 62 valence electrons. The van der Waals surface area contributed by atoms with E-state index >= 15 is 0 Å². The van der Waals surface area contributed by atoms with Crippen molar-refractivity contribution in [2.45, 2.75) is 0 Å². The second-order valence-electron chi connectivity index (χ2n) is 1.89. The number of hydrogen-bond donors (Lipinski definition) is 0. The van der Waals surface area contributed by atoms with E-state index in [4.69, 9.17) is 5.26 Å². The van der Waals surface area contributed by atoms with Crippen molar-refractivity contribution in [1.82, 2.24) is 0 Å². The van der Waals surface area contributed by atoms with Gasteiger partial charge in [-0.15, -0.1) is 12.4 Å². The minimum absolute atomic E-state index is 0. The second-order valence-corrected chi connectivity index (χ2v) is 1.89. The fourth-order valence-electron chi connectivity index (χ4n) is 0.727. The van der Waals surface area contributed by atoms with Crippen LogP contribution in [0.3, 0.4) is 0 Å². The Kier molecular flexibility index (Phi) is 3.74. The summed E-state index contributed by atoms with van der Waals surface area (Å²) in [6, 6.07) is 7.57. The van der Waals surface area contributed by atoms with Crippen LogP contribution in [0.5, 0.6) is 0 Å². The Morgan fingerprint density at radius 2 is 2.00 bits per heavy atom. The van der Waals surface area contributed by atoms with E-state index < -0.39 is 4.92 Å². The lowest BCUT2D eigenvalue weighted by Crippen LogP contribution is -1.90. The van der Waals surface area contributed by atoms with Crippen LogP contribution in [-0.2, 0) is 0 Å². The van der Waals surface area contributed by atoms with Gasteiger partial charge in [0.05, 0.1) is 4.92 Å². The highest BCUT2D eigenvalue weighted by atomic mass is 35.5. The molecular formula is C7H5ClN2O2. The molecule has 1 aromatic carbocycles. The van der Waals surface area contributed by atoms with Crippen LogP contribution >= 0.6 is 12.4 Å². The summed E-state index contributed by atoms with van der Waals surface area (Å²) < 4.78 is 0. The third kappa shape index (κ3) is 1.94. The molecular weight excluding hydrogens is 180 g/mol. The standard InChI is InChI=1S/C7H4N2O2.ClH/c8-5-6-3-1-2-4-7(6)9(10)11;/h1-4H;1H. The Morgan fingerprint density at radius 1 is 1.42 bits per heavy atom. The molecule has 0 radical (unpaired) electrons. The van der Waals surface area contributed by atoms with Gasteiger partial charge in [0, 0.05) is 6.07 Å². The van der Waals surface area contributed by atoms with Crippen LogP contribution in [0.15, 0.2) is 24.3 Å². The highest BCUT2D eigenvalue weighted by Gasteiger charge is 2.10. The summed E-state index contributed by atoms with van der Waals surface area (Å²) in [6.07, 6.45) is 0. The predicted octanol–water partition coefficient (Wildman–Crippen LogP) is 1.89. The SMILES string of the molecule is Cl.N#Cc1ccccc1[N+](=O)[O-]. The Hall–Kier alpha value is -1.60. The number of nitrogens with zero attached hydrogens (tertiary/aromatic N) is 2. The molecule has 1 aromatic rings. The molecule has 0 aromatic heterocycles. The van der Waals surface area contributed by atoms with Gasteiger partial charge >= 0.3 is 0 Å². The van der Waals surface area contributed by atoms with Crippen molar-refractivity contribution in [3.63, 3.8) is 0 Å². The number of nitro benzene ring substituents is 1. The first-order valence-electron chi connectivity index (χ1n) is 2.89. The average molecular weight is 185 g/mol. The van der Waals surface area contributed by atoms with Crippen molar-refractivity contribution < 1.29 is 4.92 Å². The summed E-state index contributed by atoms with van der Waals surface area (Å²) in [4.78, 5) is 9.66. The van der Waals surface area contributed by atoms with Crippen LogP contribution in [0.1, 0.15) is 5.56 Å². The van der Waals surface area contributed by atoms with Crippen molar-refractivity contribution in [2.75, 3.05) is 0 Å². The van der Waals surface area contributed by atoms with Gasteiger partial charge in [-0.2, -0.15) is 5.26 Å². The average Bonchev–Trinajstić information content (AvgIpc) is 2.04. The van der Waals surface area contributed by atoms with Crippen molar-refractivity contribution in [3.05, 3.63) is 39.9 Å². The van der Waals surface area contributed by atoms with Crippen LogP contribution in [0.4, 0.5) is 5.69 Å². The van der Waals surface area contributed by atoms with E-state index in [-0.39, 0.29) is 23.7 Å². The van der Waals surface area contributed by atoms with E-state index in [0.29, 0.717) is 0 Å². The number of halogens is 1. The van der Waals surface area contributed by atoms with Crippen LogP contribution in [0.2, 0.25) is 0 Å².